The number of carbonyl (C=O) groups is 1. The number of ketones is 1. The number of rotatable bonds is 0. The summed E-state index contributed by atoms with van der Waals surface area (Å²) in [6.45, 7) is 4.71. The molecule has 0 spiro atoms. The van der Waals surface area contributed by atoms with Gasteiger partial charge in [0.05, 0.1) is 0 Å². The zero-order valence-electron chi connectivity index (χ0n) is 14.6. The summed E-state index contributed by atoms with van der Waals surface area (Å²) >= 11 is 0. The van der Waals surface area contributed by atoms with E-state index >= 15 is 0 Å². The highest BCUT2D eigenvalue weighted by molar-refractivity contribution is 5.79. The van der Waals surface area contributed by atoms with Crippen molar-refractivity contribution in [2.75, 3.05) is 0 Å². The second-order valence-electron chi connectivity index (χ2n) is 9.40. The van der Waals surface area contributed by atoms with Crippen molar-refractivity contribution in [1.82, 2.24) is 0 Å². The van der Waals surface area contributed by atoms with Crippen LogP contribution in [-0.2, 0) is 4.79 Å². The van der Waals surface area contributed by atoms with Crippen molar-refractivity contribution in [2.45, 2.75) is 77.2 Å². The fraction of sp³-hybridized carbons (Fsp3) is 0.857. The van der Waals surface area contributed by atoms with Crippen LogP contribution in [0, 0.1) is 46.8 Å². The number of fused-ring (bicyclic) bond motifs is 5. The van der Waals surface area contributed by atoms with E-state index in [9.17, 15) is 9.90 Å². The summed E-state index contributed by atoms with van der Waals surface area (Å²) in [5.74, 6) is 5.83. The van der Waals surface area contributed by atoms with Gasteiger partial charge in [-0.05, 0) is 74.0 Å². The maximum atomic E-state index is 11.9. The molecule has 1 unspecified atom stereocenters. The van der Waals surface area contributed by atoms with E-state index in [2.05, 4.69) is 19.8 Å². The Hall–Kier alpha value is -0.810. The normalized spacial score (nSPS) is 55.5. The van der Waals surface area contributed by atoms with Crippen LogP contribution in [0.1, 0.15) is 71.6 Å². The Morgan fingerprint density at radius 1 is 1.09 bits per heavy atom. The number of carbonyl (C=O) groups excluding carboxylic acids is 1. The maximum absolute atomic E-state index is 11.9. The highest BCUT2D eigenvalue weighted by Crippen LogP contribution is 2.67. The van der Waals surface area contributed by atoms with Crippen molar-refractivity contribution in [2.24, 2.45) is 34.5 Å². The van der Waals surface area contributed by atoms with Crippen molar-refractivity contribution in [3.63, 3.8) is 0 Å². The second-order valence-corrected chi connectivity index (χ2v) is 9.40. The van der Waals surface area contributed by atoms with Crippen LogP contribution in [0.4, 0.5) is 0 Å². The predicted molar refractivity (Wildman–Crippen MR) is 90.5 cm³/mol. The molecular weight excluding hydrogens is 284 g/mol. The van der Waals surface area contributed by atoms with Gasteiger partial charge in [-0.3, -0.25) is 4.79 Å². The minimum absolute atomic E-state index is 0.101. The summed E-state index contributed by atoms with van der Waals surface area (Å²) in [5.41, 5.74) is -0.658. The summed E-state index contributed by atoms with van der Waals surface area (Å²) in [6.07, 6.45) is 14.9. The molecule has 4 aliphatic rings. The maximum Gasteiger partial charge on any atom is 0.133 e. The predicted octanol–water partition coefficient (Wildman–Crippen LogP) is 3.96. The Morgan fingerprint density at radius 3 is 2.57 bits per heavy atom. The third-order valence-electron chi connectivity index (χ3n) is 8.87. The first-order valence-corrected chi connectivity index (χ1v) is 9.56. The SMILES string of the molecule is C#C[C@@]1(O)CC[C@H]2[C@@H]3CCC4CC(=O)CC[C@]4(C)[C@H]3CC[C@@]21C. The van der Waals surface area contributed by atoms with Crippen LogP contribution in [0.25, 0.3) is 0 Å². The smallest absolute Gasteiger partial charge is 0.133 e. The zero-order chi connectivity index (χ0) is 16.5. The average molecular weight is 314 g/mol. The van der Waals surface area contributed by atoms with Gasteiger partial charge < -0.3 is 5.11 Å². The van der Waals surface area contributed by atoms with Crippen LogP contribution in [0.2, 0.25) is 0 Å². The van der Waals surface area contributed by atoms with Gasteiger partial charge in [-0.15, -0.1) is 6.42 Å². The zero-order valence-corrected chi connectivity index (χ0v) is 14.6. The average Bonchev–Trinajstić information content (AvgIpc) is 2.80. The molecule has 0 bridgehead atoms. The third-order valence-corrected chi connectivity index (χ3v) is 8.87. The van der Waals surface area contributed by atoms with E-state index in [1.807, 2.05) is 0 Å². The molecule has 23 heavy (non-hydrogen) atoms. The van der Waals surface area contributed by atoms with Gasteiger partial charge >= 0.3 is 0 Å². The van der Waals surface area contributed by atoms with E-state index in [1.165, 1.54) is 19.3 Å². The third kappa shape index (κ3) is 1.89. The molecule has 0 amide bonds. The van der Waals surface area contributed by atoms with Crippen LogP contribution in [-0.4, -0.2) is 16.5 Å². The molecule has 4 fully saturated rings. The van der Waals surface area contributed by atoms with Crippen LogP contribution >= 0.6 is 0 Å². The molecule has 7 atom stereocenters. The van der Waals surface area contributed by atoms with E-state index in [-0.39, 0.29) is 5.41 Å². The van der Waals surface area contributed by atoms with Crippen molar-refractivity contribution in [3.05, 3.63) is 0 Å². The number of terminal acetylenes is 1. The van der Waals surface area contributed by atoms with E-state index in [4.69, 9.17) is 6.42 Å². The minimum atomic E-state index is -0.900. The van der Waals surface area contributed by atoms with Crippen molar-refractivity contribution >= 4 is 5.78 Å². The highest BCUT2D eigenvalue weighted by atomic mass is 16.3. The monoisotopic (exact) mass is 314 g/mol. The van der Waals surface area contributed by atoms with Gasteiger partial charge in [0.25, 0.3) is 0 Å². The lowest BCUT2D eigenvalue weighted by Crippen LogP contribution is -2.56. The highest BCUT2D eigenvalue weighted by Gasteiger charge is 2.64. The Labute approximate surface area is 140 Å². The molecule has 126 valence electrons. The van der Waals surface area contributed by atoms with E-state index in [0.29, 0.717) is 29.0 Å². The lowest BCUT2D eigenvalue weighted by Gasteiger charge is -2.60. The van der Waals surface area contributed by atoms with Gasteiger partial charge in [0.1, 0.15) is 11.4 Å². The second kappa shape index (κ2) is 4.85. The lowest BCUT2D eigenvalue weighted by molar-refractivity contribution is -0.147. The van der Waals surface area contributed by atoms with Crippen molar-refractivity contribution < 1.29 is 9.90 Å². The van der Waals surface area contributed by atoms with Gasteiger partial charge in [0.15, 0.2) is 0 Å². The Balaban J connectivity index is 1.66. The van der Waals surface area contributed by atoms with Crippen LogP contribution in [0.15, 0.2) is 0 Å². The van der Waals surface area contributed by atoms with Gasteiger partial charge in [-0.1, -0.05) is 19.8 Å². The number of hydrogen-bond acceptors (Lipinski definition) is 2. The quantitative estimate of drug-likeness (QED) is 0.687. The molecule has 4 rings (SSSR count). The summed E-state index contributed by atoms with van der Waals surface area (Å²) in [7, 11) is 0. The van der Waals surface area contributed by atoms with Crippen molar-refractivity contribution in [1.29, 1.82) is 0 Å². The molecule has 0 radical (unpaired) electrons. The summed E-state index contributed by atoms with van der Waals surface area (Å²) in [6, 6.07) is 0. The molecule has 1 N–H and O–H groups in total. The topological polar surface area (TPSA) is 37.3 Å². The van der Waals surface area contributed by atoms with Crippen LogP contribution in [0.5, 0.6) is 0 Å². The molecule has 0 heterocycles. The van der Waals surface area contributed by atoms with E-state index in [1.54, 1.807) is 0 Å². The molecule has 0 aliphatic heterocycles. The van der Waals surface area contributed by atoms with Crippen LogP contribution < -0.4 is 0 Å². The van der Waals surface area contributed by atoms with E-state index < -0.39 is 5.60 Å². The number of hydrogen-bond donors (Lipinski definition) is 1. The Kier molecular flexibility index (Phi) is 3.31. The molecule has 0 aromatic heterocycles. The fourth-order valence-electron chi connectivity index (χ4n) is 7.30. The summed E-state index contributed by atoms with van der Waals surface area (Å²) in [5, 5.41) is 11.0. The molecule has 0 aromatic rings. The molecule has 2 heteroatoms. The standard InChI is InChI=1S/C21H30O2/c1-4-21(23)12-9-18-16-6-5-14-13-15(22)7-10-19(14,2)17(16)8-11-20(18,21)3/h1,14,16-18,23H,5-13H2,2-3H3/t14?,16-,17+,18+,19+,20+,21-/m1/s1. The Morgan fingerprint density at radius 2 is 1.83 bits per heavy atom. The molecule has 4 aliphatic carbocycles. The van der Waals surface area contributed by atoms with Gasteiger partial charge in [-0.25, -0.2) is 0 Å². The molecule has 0 saturated heterocycles. The van der Waals surface area contributed by atoms with Gasteiger partial charge in [0, 0.05) is 18.3 Å². The first kappa shape index (κ1) is 15.7. The van der Waals surface area contributed by atoms with Gasteiger partial charge in [-0.2, -0.15) is 0 Å². The summed E-state index contributed by atoms with van der Waals surface area (Å²) in [4.78, 5) is 11.9. The minimum Gasteiger partial charge on any atom is -0.377 e. The largest absolute Gasteiger partial charge is 0.377 e. The van der Waals surface area contributed by atoms with E-state index in [0.717, 1.165) is 44.4 Å². The number of Topliss-reactive ketones (excluding diaryl/α,β-unsaturated/α-hetero) is 1. The van der Waals surface area contributed by atoms with Crippen molar-refractivity contribution in [3.8, 4) is 12.3 Å². The Bertz CT molecular complexity index is 575. The van der Waals surface area contributed by atoms with Gasteiger partial charge in [0.2, 0.25) is 0 Å². The van der Waals surface area contributed by atoms with Crippen LogP contribution in [0.3, 0.4) is 0 Å². The first-order valence-electron chi connectivity index (χ1n) is 9.56. The number of aliphatic hydroxyl groups is 1. The molecule has 0 aromatic carbocycles. The summed E-state index contributed by atoms with van der Waals surface area (Å²) < 4.78 is 0. The first-order chi connectivity index (χ1) is 10.8. The molecule has 4 saturated carbocycles. The molecular formula is C21H30O2. The molecule has 2 nitrogen and oxygen atoms in total. The lowest BCUT2D eigenvalue weighted by atomic mass is 9.44. The fourth-order valence-corrected chi connectivity index (χ4v) is 7.30.